The molecule has 2 fully saturated rings. The molecule has 6 N–H and O–H groups in total. The molecular weight excluding hydrogens is 564 g/mol. The number of nitro groups is 1. The SMILES string of the molecule is Cc1noc(C)c1-c1ccc(N[C@@H]2CC[C@@H](O)C2)c(N)c1.Cc1noc(C)c1-c1ccc(N[C@@H]2CC[C@@H](O)C2)c([N+](=O)[O-])c1. The van der Waals surface area contributed by atoms with Crippen LogP contribution in [0.25, 0.3) is 22.3 Å². The van der Waals surface area contributed by atoms with E-state index in [0.717, 1.165) is 65.9 Å². The number of rotatable bonds is 7. The molecule has 2 aliphatic rings. The van der Waals surface area contributed by atoms with E-state index in [1.54, 1.807) is 19.1 Å². The van der Waals surface area contributed by atoms with Crippen molar-refractivity contribution in [3.8, 4) is 22.3 Å². The molecule has 12 heteroatoms. The molecule has 234 valence electrons. The minimum absolute atomic E-state index is 0.0175. The summed E-state index contributed by atoms with van der Waals surface area (Å²) < 4.78 is 10.3. The highest BCUT2D eigenvalue weighted by Crippen LogP contribution is 2.36. The van der Waals surface area contributed by atoms with E-state index in [2.05, 4.69) is 20.9 Å². The molecular formula is C32H40N6O6. The summed E-state index contributed by atoms with van der Waals surface area (Å²) in [4.78, 5) is 11.0. The number of nitrogens with two attached hydrogens (primary N) is 1. The summed E-state index contributed by atoms with van der Waals surface area (Å²) in [5.41, 5.74) is 13.4. The first-order valence-electron chi connectivity index (χ1n) is 14.9. The van der Waals surface area contributed by atoms with Crippen LogP contribution in [0.3, 0.4) is 0 Å². The quantitative estimate of drug-likeness (QED) is 0.0938. The zero-order valence-electron chi connectivity index (χ0n) is 25.5. The standard InChI is InChI=1S/C16H19N3O4.C16H21N3O2/c1-9-16(10(2)23-18-9)11-3-6-14(15(7-11)19(21)22)17-12-4-5-13(20)8-12;1-9-16(10(2)21-19-9)11-3-6-15(14(17)7-11)18-12-4-5-13(20)8-12/h3,6-7,12-13,17,20H,4-5,8H2,1-2H3;3,6-7,12-13,18,20H,4-5,8,17H2,1-2H3/t2*12-,13-/m11/s1. The number of nitro benzene ring substituents is 1. The molecule has 0 unspecified atom stereocenters. The zero-order chi connectivity index (χ0) is 31.5. The second-order valence-electron chi connectivity index (χ2n) is 11.8. The molecule has 2 heterocycles. The largest absolute Gasteiger partial charge is 0.397 e. The van der Waals surface area contributed by atoms with Crippen molar-refractivity contribution < 1.29 is 24.2 Å². The average molecular weight is 605 g/mol. The number of aliphatic hydroxyl groups is 2. The molecule has 12 nitrogen and oxygen atoms in total. The Morgan fingerprint density at radius 3 is 1.68 bits per heavy atom. The maximum Gasteiger partial charge on any atom is 0.292 e. The van der Waals surface area contributed by atoms with Crippen LogP contribution in [0.5, 0.6) is 0 Å². The predicted octanol–water partition coefficient (Wildman–Crippen LogP) is 6.06. The lowest BCUT2D eigenvalue weighted by molar-refractivity contribution is -0.383. The van der Waals surface area contributed by atoms with Crippen LogP contribution in [0.2, 0.25) is 0 Å². The van der Waals surface area contributed by atoms with Gasteiger partial charge in [-0.2, -0.15) is 0 Å². The fraction of sp³-hybridized carbons (Fsp3) is 0.438. The third-order valence-corrected chi connectivity index (χ3v) is 8.42. The second kappa shape index (κ2) is 13.1. The maximum atomic E-state index is 11.4. The molecule has 2 aromatic heterocycles. The number of aromatic nitrogens is 2. The van der Waals surface area contributed by atoms with Gasteiger partial charge in [-0.15, -0.1) is 0 Å². The summed E-state index contributed by atoms with van der Waals surface area (Å²) in [6.07, 6.45) is 4.25. The Morgan fingerprint density at radius 2 is 1.27 bits per heavy atom. The molecule has 0 aliphatic heterocycles. The van der Waals surface area contributed by atoms with E-state index in [1.807, 2.05) is 45.0 Å². The van der Waals surface area contributed by atoms with Gasteiger partial charge in [0, 0.05) is 29.3 Å². The lowest BCUT2D eigenvalue weighted by Crippen LogP contribution is -2.17. The summed E-state index contributed by atoms with van der Waals surface area (Å²) in [6.45, 7) is 7.42. The Bertz CT molecular complexity index is 1590. The number of hydrogen-bond acceptors (Lipinski definition) is 11. The Kier molecular flexibility index (Phi) is 9.21. The van der Waals surface area contributed by atoms with E-state index < -0.39 is 4.92 Å². The summed E-state index contributed by atoms with van der Waals surface area (Å²) >= 11 is 0. The van der Waals surface area contributed by atoms with E-state index in [9.17, 15) is 20.3 Å². The molecule has 4 atom stereocenters. The number of hydrogen-bond donors (Lipinski definition) is 5. The molecule has 2 aromatic carbocycles. The number of aryl methyl sites for hydroxylation is 4. The molecule has 2 aliphatic carbocycles. The number of nitrogens with zero attached hydrogens (tertiary/aromatic N) is 3. The molecule has 6 rings (SSSR count). The Labute approximate surface area is 255 Å². The van der Waals surface area contributed by atoms with Gasteiger partial charge in [0.2, 0.25) is 0 Å². The molecule has 2 saturated carbocycles. The van der Waals surface area contributed by atoms with Gasteiger partial charge in [-0.05, 0) is 95.5 Å². The van der Waals surface area contributed by atoms with Crippen molar-refractivity contribution in [2.45, 2.75) is 90.5 Å². The molecule has 0 spiro atoms. The number of anilines is 3. The van der Waals surface area contributed by atoms with Crippen molar-refractivity contribution >= 4 is 22.7 Å². The van der Waals surface area contributed by atoms with Crippen LogP contribution < -0.4 is 16.4 Å². The highest BCUT2D eigenvalue weighted by molar-refractivity contribution is 5.78. The Hall–Kier alpha value is -4.42. The first-order valence-corrected chi connectivity index (χ1v) is 14.9. The summed E-state index contributed by atoms with van der Waals surface area (Å²) in [5, 5.41) is 45.1. The van der Waals surface area contributed by atoms with Gasteiger partial charge in [-0.1, -0.05) is 22.4 Å². The number of nitrogen functional groups attached to an aromatic ring is 1. The van der Waals surface area contributed by atoms with Crippen LogP contribution in [0, 0.1) is 37.8 Å². The summed E-state index contributed by atoms with van der Waals surface area (Å²) in [7, 11) is 0. The Balaban J connectivity index is 0.000000175. The fourth-order valence-corrected chi connectivity index (χ4v) is 6.22. The van der Waals surface area contributed by atoms with E-state index >= 15 is 0 Å². The smallest absolute Gasteiger partial charge is 0.292 e. The highest BCUT2D eigenvalue weighted by Gasteiger charge is 2.26. The van der Waals surface area contributed by atoms with Crippen molar-refractivity contribution in [2.75, 3.05) is 16.4 Å². The van der Waals surface area contributed by atoms with Gasteiger partial charge in [0.25, 0.3) is 5.69 Å². The van der Waals surface area contributed by atoms with Crippen LogP contribution in [0.15, 0.2) is 45.4 Å². The monoisotopic (exact) mass is 604 g/mol. The normalized spacial score (nSPS) is 21.1. The number of nitrogens with one attached hydrogen (secondary N) is 2. The molecule has 4 aromatic rings. The molecule has 44 heavy (non-hydrogen) atoms. The lowest BCUT2D eigenvalue weighted by atomic mass is 10.0. The molecule has 0 radical (unpaired) electrons. The first-order chi connectivity index (χ1) is 21.0. The van der Waals surface area contributed by atoms with E-state index in [4.69, 9.17) is 14.8 Å². The summed E-state index contributed by atoms with van der Waals surface area (Å²) in [6, 6.07) is 11.4. The van der Waals surface area contributed by atoms with Crippen LogP contribution in [0.4, 0.5) is 22.7 Å². The molecule has 0 bridgehead atoms. The Morgan fingerprint density at radius 1 is 0.795 bits per heavy atom. The van der Waals surface area contributed by atoms with Crippen molar-refractivity contribution in [1.29, 1.82) is 0 Å². The van der Waals surface area contributed by atoms with Gasteiger partial charge in [0.05, 0.1) is 39.9 Å². The first kappa shape index (κ1) is 31.0. The van der Waals surface area contributed by atoms with Gasteiger partial charge in [0.15, 0.2) is 0 Å². The van der Waals surface area contributed by atoms with Crippen LogP contribution in [-0.2, 0) is 0 Å². The molecule has 0 saturated heterocycles. The summed E-state index contributed by atoms with van der Waals surface area (Å²) in [5.74, 6) is 1.43. The van der Waals surface area contributed by atoms with E-state index in [0.29, 0.717) is 40.9 Å². The highest BCUT2D eigenvalue weighted by atomic mass is 16.6. The van der Waals surface area contributed by atoms with E-state index in [-0.39, 0.29) is 23.9 Å². The second-order valence-corrected chi connectivity index (χ2v) is 11.8. The van der Waals surface area contributed by atoms with Gasteiger partial charge in [0.1, 0.15) is 17.2 Å². The van der Waals surface area contributed by atoms with Crippen LogP contribution in [0.1, 0.15) is 61.4 Å². The fourth-order valence-electron chi connectivity index (χ4n) is 6.22. The van der Waals surface area contributed by atoms with Crippen molar-refractivity contribution in [2.24, 2.45) is 0 Å². The van der Waals surface area contributed by atoms with E-state index in [1.165, 1.54) is 0 Å². The average Bonchev–Trinajstić information content (AvgIpc) is 3.75. The van der Waals surface area contributed by atoms with Crippen LogP contribution >= 0.6 is 0 Å². The lowest BCUT2D eigenvalue weighted by Gasteiger charge is -2.16. The zero-order valence-corrected chi connectivity index (χ0v) is 25.5. The maximum absolute atomic E-state index is 11.4. The van der Waals surface area contributed by atoms with Gasteiger partial charge < -0.3 is 35.6 Å². The molecule has 0 amide bonds. The van der Waals surface area contributed by atoms with Gasteiger partial charge in [-0.25, -0.2) is 0 Å². The van der Waals surface area contributed by atoms with Crippen LogP contribution in [-0.4, -0.2) is 49.7 Å². The van der Waals surface area contributed by atoms with Gasteiger partial charge >= 0.3 is 0 Å². The topological polar surface area (TPSA) is 186 Å². The van der Waals surface area contributed by atoms with Crippen molar-refractivity contribution in [1.82, 2.24) is 10.3 Å². The third-order valence-electron chi connectivity index (χ3n) is 8.42. The predicted molar refractivity (Wildman–Crippen MR) is 168 cm³/mol. The number of benzene rings is 2. The van der Waals surface area contributed by atoms with Gasteiger partial charge in [-0.3, -0.25) is 10.1 Å². The third kappa shape index (κ3) is 6.87. The van der Waals surface area contributed by atoms with Crippen molar-refractivity contribution in [3.05, 3.63) is 69.4 Å². The van der Waals surface area contributed by atoms with Crippen molar-refractivity contribution in [3.63, 3.8) is 0 Å². The minimum atomic E-state index is -0.393. The minimum Gasteiger partial charge on any atom is -0.397 e. The number of aliphatic hydroxyl groups excluding tert-OH is 2.